The van der Waals surface area contributed by atoms with Gasteiger partial charge in [0.2, 0.25) is 0 Å². The number of amides is 1. The first kappa shape index (κ1) is 23.5. The zero-order valence-corrected chi connectivity index (χ0v) is 20.8. The van der Waals surface area contributed by atoms with Gasteiger partial charge < -0.3 is 9.47 Å². The molecule has 3 aromatic rings. The van der Waals surface area contributed by atoms with E-state index < -0.39 is 0 Å². The standard InChI is InChI=1S/C27H25N3O3S2/c1-2-14-32-22-12-10-19(11-13-22)25-20(17-30(28-25)21-7-4-3-5-8-21)16-24-26(31)29(27(34)35-24)18-23-9-6-15-33-23/h2-5,7-8,10-13,16-17,23H,1,6,9,14-15,18H2. The van der Waals surface area contributed by atoms with Crippen LogP contribution in [-0.4, -0.2) is 50.8 Å². The number of hydrogen-bond acceptors (Lipinski definition) is 6. The Kier molecular flexibility index (Phi) is 7.13. The van der Waals surface area contributed by atoms with Crippen molar-refractivity contribution in [1.29, 1.82) is 0 Å². The van der Waals surface area contributed by atoms with Crippen LogP contribution in [0.2, 0.25) is 0 Å². The Morgan fingerprint density at radius 2 is 2.00 bits per heavy atom. The molecule has 0 aliphatic carbocycles. The van der Waals surface area contributed by atoms with E-state index in [1.807, 2.05) is 71.6 Å². The van der Waals surface area contributed by atoms with Gasteiger partial charge in [0, 0.05) is 23.9 Å². The van der Waals surface area contributed by atoms with Gasteiger partial charge in [-0.3, -0.25) is 9.69 Å². The van der Waals surface area contributed by atoms with Gasteiger partial charge >= 0.3 is 0 Å². The maximum atomic E-state index is 13.2. The largest absolute Gasteiger partial charge is 0.490 e. The van der Waals surface area contributed by atoms with Crippen molar-refractivity contribution in [3.8, 4) is 22.7 Å². The van der Waals surface area contributed by atoms with E-state index in [0.29, 0.717) is 22.4 Å². The molecule has 2 aliphatic rings. The van der Waals surface area contributed by atoms with Crippen LogP contribution in [0.15, 0.2) is 78.4 Å². The van der Waals surface area contributed by atoms with Crippen LogP contribution < -0.4 is 4.74 Å². The van der Waals surface area contributed by atoms with E-state index in [0.717, 1.165) is 47.7 Å². The van der Waals surface area contributed by atoms with Crippen molar-refractivity contribution in [2.24, 2.45) is 0 Å². The number of para-hydroxylation sites is 1. The normalized spacial score (nSPS) is 19.0. The molecule has 1 amide bonds. The van der Waals surface area contributed by atoms with Crippen LogP contribution >= 0.6 is 24.0 Å². The van der Waals surface area contributed by atoms with E-state index in [2.05, 4.69) is 6.58 Å². The molecule has 2 aliphatic heterocycles. The smallest absolute Gasteiger partial charge is 0.266 e. The third-order valence-corrected chi connectivity index (χ3v) is 7.21. The summed E-state index contributed by atoms with van der Waals surface area (Å²) < 4.78 is 13.7. The molecule has 0 spiro atoms. The van der Waals surface area contributed by atoms with Crippen molar-refractivity contribution in [3.63, 3.8) is 0 Å². The SMILES string of the molecule is C=CCOc1ccc(-c2nn(-c3ccccc3)cc2C=C2SC(=S)N(CC3CCCO3)C2=O)cc1. The highest BCUT2D eigenvalue weighted by atomic mass is 32.2. The fourth-order valence-corrected chi connectivity index (χ4v) is 5.35. The summed E-state index contributed by atoms with van der Waals surface area (Å²) in [5.41, 5.74) is 3.47. The fourth-order valence-electron chi connectivity index (χ4n) is 4.09. The number of aromatic nitrogens is 2. The van der Waals surface area contributed by atoms with Crippen molar-refractivity contribution < 1.29 is 14.3 Å². The lowest BCUT2D eigenvalue weighted by Gasteiger charge is -2.18. The van der Waals surface area contributed by atoms with E-state index in [1.165, 1.54) is 11.8 Å². The molecule has 6 nitrogen and oxygen atoms in total. The predicted molar refractivity (Wildman–Crippen MR) is 144 cm³/mol. The Hall–Kier alpha value is -3.20. The molecule has 178 valence electrons. The van der Waals surface area contributed by atoms with Crippen LogP contribution in [0.25, 0.3) is 23.0 Å². The van der Waals surface area contributed by atoms with Crippen LogP contribution in [0.1, 0.15) is 18.4 Å². The van der Waals surface area contributed by atoms with Crippen molar-refractivity contribution in [3.05, 3.63) is 83.9 Å². The van der Waals surface area contributed by atoms with Gasteiger partial charge in [0.15, 0.2) is 0 Å². The number of thiocarbonyl (C=S) groups is 1. The predicted octanol–water partition coefficient (Wildman–Crippen LogP) is 5.48. The summed E-state index contributed by atoms with van der Waals surface area (Å²) in [6.07, 6.45) is 7.57. The maximum Gasteiger partial charge on any atom is 0.266 e. The zero-order valence-electron chi connectivity index (χ0n) is 19.1. The quantitative estimate of drug-likeness (QED) is 0.230. The van der Waals surface area contributed by atoms with Gasteiger partial charge in [0.25, 0.3) is 5.91 Å². The van der Waals surface area contributed by atoms with Crippen molar-refractivity contribution >= 4 is 40.3 Å². The van der Waals surface area contributed by atoms with E-state index in [4.69, 9.17) is 26.8 Å². The fraction of sp³-hybridized carbons (Fsp3) is 0.222. The minimum absolute atomic E-state index is 0.0510. The highest BCUT2D eigenvalue weighted by Gasteiger charge is 2.35. The molecule has 5 rings (SSSR count). The van der Waals surface area contributed by atoms with Crippen molar-refractivity contribution in [2.45, 2.75) is 18.9 Å². The van der Waals surface area contributed by atoms with Gasteiger partial charge in [0.05, 0.1) is 28.9 Å². The molecule has 2 fully saturated rings. The molecule has 0 bridgehead atoms. The Morgan fingerprint density at radius 3 is 2.71 bits per heavy atom. The number of thioether (sulfide) groups is 1. The highest BCUT2D eigenvalue weighted by Crippen LogP contribution is 2.36. The molecular weight excluding hydrogens is 478 g/mol. The second-order valence-corrected chi connectivity index (χ2v) is 9.94. The molecule has 1 unspecified atom stereocenters. The molecule has 1 aromatic heterocycles. The minimum atomic E-state index is -0.0814. The summed E-state index contributed by atoms with van der Waals surface area (Å²) in [6, 6.07) is 17.6. The van der Waals surface area contributed by atoms with Crippen LogP contribution in [0.3, 0.4) is 0 Å². The molecule has 2 saturated heterocycles. The zero-order chi connectivity index (χ0) is 24.2. The highest BCUT2D eigenvalue weighted by molar-refractivity contribution is 8.26. The van der Waals surface area contributed by atoms with Crippen molar-refractivity contribution in [2.75, 3.05) is 19.8 Å². The number of nitrogens with zero attached hydrogens (tertiary/aromatic N) is 3. The minimum Gasteiger partial charge on any atom is -0.490 e. The number of carbonyl (C=O) groups is 1. The monoisotopic (exact) mass is 503 g/mol. The summed E-state index contributed by atoms with van der Waals surface area (Å²) in [4.78, 5) is 15.5. The maximum absolute atomic E-state index is 13.2. The Labute approximate surface area is 214 Å². The van der Waals surface area contributed by atoms with Crippen LogP contribution in [-0.2, 0) is 9.53 Å². The summed E-state index contributed by atoms with van der Waals surface area (Å²) in [6.45, 7) is 5.38. The van der Waals surface area contributed by atoms with E-state index >= 15 is 0 Å². The van der Waals surface area contributed by atoms with Crippen LogP contribution in [0.4, 0.5) is 0 Å². The average molecular weight is 504 g/mol. The third-order valence-electron chi connectivity index (χ3n) is 5.83. The van der Waals surface area contributed by atoms with Gasteiger partial charge in [-0.05, 0) is 55.3 Å². The lowest BCUT2D eigenvalue weighted by molar-refractivity contribution is -0.123. The summed E-state index contributed by atoms with van der Waals surface area (Å²) in [5, 5.41) is 4.86. The molecule has 8 heteroatoms. The van der Waals surface area contributed by atoms with Gasteiger partial charge in [-0.25, -0.2) is 4.68 Å². The van der Waals surface area contributed by atoms with E-state index in [-0.39, 0.29) is 12.0 Å². The van der Waals surface area contributed by atoms with Crippen LogP contribution in [0.5, 0.6) is 5.75 Å². The first-order valence-electron chi connectivity index (χ1n) is 11.5. The Morgan fingerprint density at radius 1 is 1.20 bits per heavy atom. The van der Waals surface area contributed by atoms with E-state index in [1.54, 1.807) is 11.0 Å². The van der Waals surface area contributed by atoms with Gasteiger partial charge in [-0.1, -0.05) is 54.8 Å². The topological polar surface area (TPSA) is 56.6 Å². The number of benzene rings is 2. The molecular formula is C27H25N3O3S2. The summed E-state index contributed by atoms with van der Waals surface area (Å²) in [5.74, 6) is 0.676. The number of ether oxygens (including phenoxy) is 2. The molecule has 35 heavy (non-hydrogen) atoms. The number of carbonyl (C=O) groups excluding carboxylic acids is 1. The summed E-state index contributed by atoms with van der Waals surface area (Å²) >= 11 is 6.86. The molecule has 0 radical (unpaired) electrons. The Bertz CT molecular complexity index is 1260. The molecule has 0 saturated carbocycles. The van der Waals surface area contributed by atoms with Crippen LogP contribution in [0, 0.1) is 0 Å². The van der Waals surface area contributed by atoms with Gasteiger partial charge in [0.1, 0.15) is 16.7 Å². The molecule has 2 aromatic carbocycles. The number of hydrogen-bond donors (Lipinski definition) is 0. The first-order valence-corrected chi connectivity index (χ1v) is 12.7. The molecule has 1 atom stereocenters. The second-order valence-electron chi connectivity index (χ2n) is 8.26. The first-order chi connectivity index (χ1) is 17.1. The number of rotatable bonds is 8. The third kappa shape index (κ3) is 5.24. The second kappa shape index (κ2) is 10.6. The lowest BCUT2D eigenvalue weighted by atomic mass is 10.1. The van der Waals surface area contributed by atoms with E-state index in [9.17, 15) is 4.79 Å². The summed E-state index contributed by atoms with van der Waals surface area (Å²) in [7, 11) is 0. The van der Waals surface area contributed by atoms with Gasteiger partial charge in [-0.2, -0.15) is 5.10 Å². The molecule has 3 heterocycles. The Balaban J connectivity index is 1.48. The van der Waals surface area contributed by atoms with Gasteiger partial charge in [-0.15, -0.1) is 0 Å². The molecule has 0 N–H and O–H groups in total. The average Bonchev–Trinajstić information content (AvgIpc) is 3.61. The lowest BCUT2D eigenvalue weighted by Crippen LogP contribution is -2.35. The van der Waals surface area contributed by atoms with Crippen molar-refractivity contribution in [1.82, 2.24) is 14.7 Å².